The van der Waals surface area contributed by atoms with Crippen molar-refractivity contribution in [2.24, 2.45) is 0 Å². The zero-order valence-corrected chi connectivity index (χ0v) is 83.5. The van der Waals surface area contributed by atoms with Gasteiger partial charge in [-0.15, -0.1) is 0 Å². The molecule has 14 heterocycles. The van der Waals surface area contributed by atoms with E-state index in [-0.39, 0.29) is 24.3 Å². The summed E-state index contributed by atoms with van der Waals surface area (Å²) in [7, 11) is 0. The predicted molar refractivity (Wildman–Crippen MR) is 623 cm³/mol. The summed E-state index contributed by atoms with van der Waals surface area (Å²) in [6.45, 7) is 18.0. The van der Waals surface area contributed by atoms with E-state index in [1.165, 1.54) is 70.9 Å². The van der Waals surface area contributed by atoms with Gasteiger partial charge in [-0.3, -0.25) is 0 Å². The molecule has 10 aromatic heterocycles. The van der Waals surface area contributed by atoms with Crippen LogP contribution >= 0.6 is 0 Å². The highest BCUT2D eigenvalue weighted by Gasteiger charge is 2.47. The monoisotopic (exact) mass is 1920 g/mol. The number of rotatable bonds is 10. The first-order valence-electron chi connectivity index (χ1n) is 52.5. The molecule has 0 atom stereocenters. The van der Waals surface area contributed by atoms with Gasteiger partial charge in [-0.1, -0.05) is 230 Å². The van der Waals surface area contributed by atoms with Crippen LogP contribution in [0.3, 0.4) is 0 Å². The molecule has 4 aliphatic heterocycles. The lowest BCUT2D eigenvalue weighted by Crippen LogP contribution is -2.58. The van der Waals surface area contributed by atoms with E-state index in [9.17, 15) is 0 Å². The number of hydrogen-bond acceptors (Lipinski definition) is 6. The van der Waals surface area contributed by atoms with E-state index in [1.807, 2.05) is 0 Å². The van der Waals surface area contributed by atoms with Crippen LogP contribution in [-0.4, -0.2) is 40.8 Å². The Bertz CT molecular complexity index is 11300. The van der Waals surface area contributed by atoms with Crippen molar-refractivity contribution >= 4 is 260 Å². The van der Waals surface area contributed by atoms with Gasteiger partial charge < -0.3 is 54.5 Å². The van der Waals surface area contributed by atoms with Crippen molar-refractivity contribution in [3.8, 4) is 68.2 Å². The molecule has 150 heavy (non-hydrogen) atoms. The number of nitrogens with zero attached hydrogens (tertiary/aromatic N) is 6. The zero-order chi connectivity index (χ0) is 98.9. The average molecular weight is 1930 g/mol. The van der Waals surface area contributed by atoms with Crippen LogP contribution in [0.25, 0.3) is 259 Å². The predicted octanol–water partition coefficient (Wildman–Crippen LogP) is 32.1. The number of benzene rings is 20. The molecule has 0 fully saturated rings. The highest BCUT2D eigenvalue weighted by molar-refractivity contribution is 7.00. The van der Waals surface area contributed by atoms with Gasteiger partial charge in [-0.05, 0) is 297 Å². The lowest BCUT2D eigenvalue weighted by atomic mass is 9.34. The van der Waals surface area contributed by atoms with Gasteiger partial charge in [0.25, 0.3) is 13.4 Å². The van der Waals surface area contributed by atoms with Crippen LogP contribution in [0, 0.1) is 13.8 Å². The minimum atomic E-state index is -0.370. The number of para-hydroxylation sites is 6. The van der Waals surface area contributed by atoms with Gasteiger partial charge in [0.05, 0.1) is 82.2 Å². The first-order valence-corrected chi connectivity index (χ1v) is 52.5. The van der Waals surface area contributed by atoms with Crippen LogP contribution in [0.2, 0.25) is 0 Å². The van der Waals surface area contributed by atoms with E-state index in [0.717, 1.165) is 284 Å². The Morgan fingerprint density at radius 1 is 0.280 bits per heavy atom. The molecule has 0 saturated heterocycles. The van der Waals surface area contributed by atoms with E-state index in [4.69, 9.17) is 27.1 Å². The molecule has 0 spiro atoms. The summed E-state index contributed by atoms with van der Waals surface area (Å²) < 4.78 is 59.8. The minimum Gasteiger partial charge on any atom is -0.458 e. The van der Waals surface area contributed by atoms with Crippen LogP contribution in [0.4, 0.5) is 0 Å². The van der Waals surface area contributed by atoms with Crippen molar-refractivity contribution in [3.63, 3.8) is 0 Å². The quantitative estimate of drug-likeness (QED) is 0.126. The van der Waals surface area contributed by atoms with Crippen LogP contribution in [0.1, 0.15) is 81.5 Å². The first-order chi connectivity index (χ1) is 73.5. The molecule has 12 nitrogen and oxygen atoms in total. The number of fused-ring (bicyclic) bond motifs is 40. The van der Waals surface area contributed by atoms with Gasteiger partial charge in [-0.25, -0.2) is 0 Å². The van der Waals surface area contributed by atoms with Crippen LogP contribution in [0.5, 0.6) is 23.0 Å². The standard InChI is InChI=1S/C136H90B2N6O6/c1-9-10-34-103-74(3)92-61-75(41-52-110(92)139(103)80-44-55-115-93(66-80)90-49-54-112-124(132(90)147-115)126-130-102(71-98-96-69-83(47-58-118(96)150-134(98)126)142-108-39-24-18-32-88(108)89-33-19-25-40-109(89)142)138-99-50-42-78(135(4,5)6)64-119(99)146-122-63-77(76-26-12-11-13-27-76)62-114(128(122)138)144(112)130)72-136(7,8)79-43-51-100-120(65-79)145-121-60-73(2)59-113-127(121)137(100)101-70-97-95-68-82(141-106-37-22-16-30-86(106)87-31-17-23-38-107(87)141)46-57-117(95)149-133(97)125-123-111(143(113)129(101)125)53-48-91-94-67-81(45-56-116(94)148-131(91)123)140-104-35-20-14-28-84(104)85-29-15-21-36-105(85)140/h10-71H,9,72H2,1-8H3/b34-10-. The Hall–Kier alpha value is -18.4. The van der Waals surface area contributed by atoms with E-state index < -0.39 is 0 Å². The maximum absolute atomic E-state index is 7.60. The summed E-state index contributed by atoms with van der Waals surface area (Å²) >= 11 is 0. The Kier molecular flexibility index (Phi) is 16.2. The molecule has 30 aromatic rings. The molecule has 0 amide bonds. The molecule has 0 N–H and O–H groups in total. The smallest absolute Gasteiger partial charge is 0.256 e. The van der Waals surface area contributed by atoms with Crippen molar-refractivity contribution in [1.29, 1.82) is 0 Å². The molecule has 14 heteroatoms. The maximum Gasteiger partial charge on any atom is 0.256 e. The second-order valence-corrected chi connectivity index (χ2v) is 44.1. The van der Waals surface area contributed by atoms with Gasteiger partial charge in [0, 0.05) is 121 Å². The number of aromatic nitrogens is 6. The molecule has 0 saturated carbocycles. The number of aryl methyl sites for hydroxylation is 2. The molecule has 706 valence electrons. The number of ether oxygens (including phenoxy) is 2. The fourth-order valence-electron chi connectivity index (χ4n) is 27.6. The number of furan rings is 4. The molecule has 0 aliphatic carbocycles. The number of hydrogen-bond donors (Lipinski definition) is 0. The maximum atomic E-state index is 7.60. The summed E-state index contributed by atoms with van der Waals surface area (Å²) in [5, 5.41) is 20.9. The van der Waals surface area contributed by atoms with Gasteiger partial charge in [0.15, 0.2) is 0 Å². The summed E-state index contributed by atoms with van der Waals surface area (Å²) in [5.74, 6) is 3.46. The average Bonchev–Trinajstić information content (AvgIpc) is 1.50. The lowest BCUT2D eigenvalue weighted by molar-refractivity contribution is 0.477. The minimum absolute atomic E-state index is 0.123. The third-order valence-electron chi connectivity index (χ3n) is 34.3. The van der Waals surface area contributed by atoms with Gasteiger partial charge in [-0.2, -0.15) is 0 Å². The second-order valence-electron chi connectivity index (χ2n) is 44.1. The molecular formula is C136H90B2N6O6. The molecule has 0 radical (unpaired) electrons. The van der Waals surface area contributed by atoms with Crippen molar-refractivity contribution in [2.45, 2.75) is 79.1 Å². The molecule has 20 aromatic carbocycles. The highest BCUT2D eigenvalue weighted by atomic mass is 16.5. The van der Waals surface area contributed by atoms with E-state index in [0.29, 0.717) is 0 Å². The van der Waals surface area contributed by atoms with E-state index in [2.05, 4.69) is 459 Å². The summed E-state index contributed by atoms with van der Waals surface area (Å²) in [6.07, 6.45) is 6.27. The largest absolute Gasteiger partial charge is 0.458 e. The van der Waals surface area contributed by atoms with Gasteiger partial charge in [0.2, 0.25) is 0 Å². The SMILES string of the molecule is CC/C=C\c1c(C)c2cc(CC(C)(C)c3ccc4c(c3)Oc3cc(C)cc5c3B4c3cc4c6cc(-n7c8ccccc8c8ccccc87)ccc6oc4c4c6c7oc8ccc(-n9c%10ccccc%10c%10ccccc%109)cc8c7ccc6n-5c34)ccc2n1-c1ccc2oc3c(ccc4c3c3c5oc6ccc(-n7c8ccccc8c8ccccc87)cc6c5cc5c3n4-c3cc(-c4ccccc4)cc4c3B5c3ccc(C(C)(C)C)cc3O4)c2c1. The molecule has 0 unspecified atom stereocenters. The highest BCUT2D eigenvalue weighted by Crippen LogP contribution is 2.54. The molecule has 0 bridgehead atoms. The summed E-state index contributed by atoms with van der Waals surface area (Å²) in [5.41, 5.74) is 41.0. The third-order valence-corrected chi connectivity index (χ3v) is 34.3. The van der Waals surface area contributed by atoms with Crippen molar-refractivity contribution in [3.05, 3.63) is 404 Å². The Morgan fingerprint density at radius 2 is 0.673 bits per heavy atom. The fraction of sp³-hybridized carbons (Fsp3) is 0.0882. The van der Waals surface area contributed by atoms with Gasteiger partial charge in [0.1, 0.15) is 67.7 Å². The molecule has 34 rings (SSSR count). The van der Waals surface area contributed by atoms with Crippen molar-refractivity contribution < 1.29 is 27.1 Å². The molecule has 4 aliphatic rings. The summed E-state index contributed by atoms with van der Waals surface area (Å²) in [4.78, 5) is 0. The Balaban J connectivity index is 0.518. The van der Waals surface area contributed by atoms with Crippen LogP contribution in [-0.2, 0) is 17.3 Å². The van der Waals surface area contributed by atoms with Crippen LogP contribution < -0.4 is 42.3 Å². The zero-order valence-electron chi connectivity index (χ0n) is 83.5. The van der Waals surface area contributed by atoms with Crippen LogP contribution in [0.15, 0.2) is 388 Å². The lowest BCUT2D eigenvalue weighted by Gasteiger charge is -2.35. The Labute approximate surface area is 859 Å². The fourth-order valence-corrected chi connectivity index (χ4v) is 27.6. The van der Waals surface area contributed by atoms with Crippen molar-refractivity contribution in [2.75, 3.05) is 0 Å². The second kappa shape index (κ2) is 29.3. The third kappa shape index (κ3) is 11.0. The topological polar surface area (TPSA) is 101 Å². The summed E-state index contributed by atoms with van der Waals surface area (Å²) in [6, 6.07) is 135. The van der Waals surface area contributed by atoms with Gasteiger partial charge >= 0.3 is 0 Å². The Morgan fingerprint density at radius 3 is 1.13 bits per heavy atom. The van der Waals surface area contributed by atoms with Crippen molar-refractivity contribution in [1.82, 2.24) is 27.4 Å². The van der Waals surface area contributed by atoms with E-state index >= 15 is 0 Å². The first kappa shape index (κ1) is 82.9. The van der Waals surface area contributed by atoms with E-state index in [1.54, 1.807) is 0 Å². The number of allylic oxidation sites excluding steroid dienone is 1. The molecular weight excluding hydrogens is 1840 g/mol. The normalized spacial score (nSPS) is 13.4.